The van der Waals surface area contributed by atoms with Crippen molar-refractivity contribution in [2.24, 2.45) is 0 Å². The fourth-order valence-electron chi connectivity index (χ4n) is 2.03. The number of nitrogens with one attached hydrogen (secondary N) is 1. The van der Waals surface area contributed by atoms with Crippen LogP contribution in [0, 0.1) is 0 Å². The van der Waals surface area contributed by atoms with E-state index in [0.29, 0.717) is 18.8 Å². The predicted molar refractivity (Wildman–Crippen MR) is 68.7 cm³/mol. The maximum Gasteiger partial charge on any atom is 0.276 e. The van der Waals surface area contributed by atoms with Crippen LogP contribution in [0.1, 0.15) is 49.4 Å². The molecule has 0 bridgehead atoms. The van der Waals surface area contributed by atoms with Gasteiger partial charge in [0.2, 0.25) is 5.91 Å². The topological polar surface area (TPSA) is 75.4 Å². The highest BCUT2D eigenvalue weighted by molar-refractivity contribution is 5.96. The molecule has 104 valence electrons. The van der Waals surface area contributed by atoms with Crippen LogP contribution in [-0.4, -0.2) is 41.0 Å². The molecule has 0 unspecified atom stereocenters. The van der Waals surface area contributed by atoms with Crippen LogP contribution in [0.5, 0.6) is 0 Å². The van der Waals surface area contributed by atoms with Gasteiger partial charge in [0.15, 0.2) is 5.69 Å². The number of hydrogen-bond donors (Lipinski definition) is 1. The molecule has 19 heavy (non-hydrogen) atoms. The van der Waals surface area contributed by atoms with Gasteiger partial charge in [-0.15, -0.1) is 0 Å². The summed E-state index contributed by atoms with van der Waals surface area (Å²) in [6, 6.07) is 1.18. The van der Waals surface area contributed by atoms with E-state index in [1.54, 1.807) is 17.9 Å². The van der Waals surface area contributed by atoms with Gasteiger partial charge in [-0.05, 0) is 13.3 Å². The van der Waals surface area contributed by atoms with Crippen LogP contribution in [0.2, 0.25) is 0 Å². The number of nitrogens with zero attached hydrogens (tertiary/aromatic N) is 2. The van der Waals surface area contributed by atoms with Crippen LogP contribution in [0.3, 0.4) is 0 Å². The summed E-state index contributed by atoms with van der Waals surface area (Å²) < 4.78 is 5.13. The quantitative estimate of drug-likeness (QED) is 0.870. The molecule has 6 heteroatoms. The maximum absolute atomic E-state index is 12.4. The second-order valence-corrected chi connectivity index (χ2v) is 5.09. The smallest absolute Gasteiger partial charge is 0.276 e. The van der Waals surface area contributed by atoms with Crippen LogP contribution in [0.15, 0.2) is 10.6 Å². The van der Waals surface area contributed by atoms with Crippen molar-refractivity contribution in [3.8, 4) is 0 Å². The highest BCUT2D eigenvalue weighted by Gasteiger charge is 2.30. The molecule has 1 fully saturated rings. The zero-order chi connectivity index (χ0) is 14.0. The number of carbonyl (C=O) groups is 2. The molecule has 0 radical (unpaired) electrons. The molecule has 1 saturated heterocycles. The number of hydrogen-bond acceptors (Lipinski definition) is 4. The summed E-state index contributed by atoms with van der Waals surface area (Å²) >= 11 is 0. The zero-order valence-corrected chi connectivity index (χ0v) is 11.5. The molecule has 1 atom stereocenters. The number of aromatic nitrogens is 1. The molecule has 0 saturated carbocycles. The van der Waals surface area contributed by atoms with E-state index in [9.17, 15) is 9.59 Å². The Bertz CT molecular complexity index is 481. The van der Waals surface area contributed by atoms with Gasteiger partial charge in [0.25, 0.3) is 5.91 Å². The fraction of sp³-hybridized carbons (Fsp3) is 0.615. The summed E-state index contributed by atoms with van der Waals surface area (Å²) in [5.41, 5.74) is 0.269. The summed E-state index contributed by atoms with van der Waals surface area (Å²) in [7, 11) is 0. The Kier molecular flexibility index (Phi) is 3.87. The molecule has 1 N–H and O–H groups in total. The highest BCUT2D eigenvalue weighted by Crippen LogP contribution is 2.17. The minimum atomic E-state index is -0.478. The summed E-state index contributed by atoms with van der Waals surface area (Å²) in [5, 5.41) is 6.58. The lowest BCUT2D eigenvalue weighted by Gasteiger charge is -2.24. The fourth-order valence-corrected chi connectivity index (χ4v) is 2.03. The highest BCUT2D eigenvalue weighted by atomic mass is 16.5. The number of carbonyl (C=O) groups excluding carboxylic acids is 2. The molecule has 2 rings (SSSR count). The lowest BCUT2D eigenvalue weighted by Crippen LogP contribution is -2.45. The monoisotopic (exact) mass is 265 g/mol. The Hall–Kier alpha value is -1.85. The third kappa shape index (κ3) is 2.77. The van der Waals surface area contributed by atoms with Gasteiger partial charge in [-0.2, -0.15) is 0 Å². The molecule has 0 aromatic carbocycles. The summed E-state index contributed by atoms with van der Waals surface area (Å²) in [5.74, 6) is 0.479. The second kappa shape index (κ2) is 5.42. The van der Waals surface area contributed by atoms with E-state index >= 15 is 0 Å². The zero-order valence-electron chi connectivity index (χ0n) is 11.5. The van der Waals surface area contributed by atoms with Gasteiger partial charge in [0.05, 0.1) is 0 Å². The van der Waals surface area contributed by atoms with E-state index < -0.39 is 6.04 Å². The van der Waals surface area contributed by atoms with Crippen molar-refractivity contribution in [1.82, 2.24) is 15.4 Å². The SMILES string of the molecule is CC(C)c1cc(C(=O)N2CCCNC(=O)[C@H]2C)no1. The third-order valence-corrected chi connectivity index (χ3v) is 3.30. The Morgan fingerprint density at radius 1 is 1.58 bits per heavy atom. The first-order valence-electron chi connectivity index (χ1n) is 6.56. The molecule has 6 nitrogen and oxygen atoms in total. The molecule has 1 aliphatic heterocycles. The number of rotatable bonds is 2. The number of amides is 2. The van der Waals surface area contributed by atoms with Gasteiger partial charge >= 0.3 is 0 Å². The predicted octanol–water partition coefficient (Wildman–Crippen LogP) is 1.15. The molecule has 1 aliphatic rings. The van der Waals surface area contributed by atoms with E-state index in [1.165, 1.54) is 0 Å². The minimum absolute atomic E-state index is 0.126. The Labute approximate surface area is 112 Å². The van der Waals surface area contributed by atoms with Crippen LogP contribution in [0.25, 0.3) is 0 Å². The largest absolute Gasteiger partial charge is 0.360 e. The van der Waals surface area contributed by atoms with Gasteiger partial charge in [-0.1, -0.05) is 19.0 Å². The average molecular weight is 265 g/mol. The van der Waals surface area contributed by atoms with Crippen molar-refractivity contribution < 1.29 is 14.1 Å². The molecule has 1 aromatic rings. The molecule has 2 heterocycles. The van der Waals surface area contributed by atoms with Gasteiger partial charge in [-0.3, -0.25) is 9.59 Å². The third-order valence-electron chi connectivity index (χ3n) is 3.30. The van der Waals surface area contributed by atoms with E-state index in [2.05, 4.69) is 10.5 Å². The Morgan fingerprint density at radius 2 is 2.32 bits per heavy atom. The normalized spacial score (nSPS) is 20.3. The van der Waals surface area contributed by atoms with E-state index in [0.717, 1.165) is 6.42 Å². The van der Waals surface area contributed by atoms with Crippen LogP contribution in [-0.2, 0) is 4.79 Å². The van der Waals surface area contributed by atoms with Crippen LogP contribution >= 0.6 is 0 Å². The second-order valence-electron chi connectivity index (χ2n) is 5.09. The van der Waals surface area contributed by atoms with Crippen LogP contribution in [0.4, 0.5) is 0 Å². The molecule has 2 amide bonds. The molecular weight excluding hydrogens is 246 g/mol. The van der Waals surface area contributed by atoms with Gasteiger partial charge in [0.1, 0.15) is 11.8 Å². The van der Waals surface area contributed by atoms with E-state index in [-0.39, 0.29) is 23.4 Å². The van der Waals surface area contributed by atoms with Crippen molar-refractivity contribution in [2.45, 2.75) is 39.2 Å². The van der Waals surface area contributed by atoms with Crippen molar-refractivity contribution >= 4 is 11.8 Å². The van der Waals surface area contributed by atoms with Gasteiger partial charge < -0.3 is 14.7 Å². The minimum Gasteiger partial charge on any atom is -0.360 e. The van der Waals surface area contributed by atoms with Crippen molar-refractivity contribution in [3.05, 3.63) is 17.5 Å². The summed E-state index contributed by atoms with van der Waals surface area (Å²) in [6.45, 7) is 6.81. The van der Waals surface area contributed by atoms with Crippen molar-refractivity contribution in [3.63, 3.8) is 0 Å². The van der Waals surface area contributed by atoms with Crippen molar-refractivity contribution in [1.29, 1.82) is 0 Å². The lowest BCUT2D eigenvalue weighted by molar-refractivity contribution is -0.124. The molecule has 0 spiro atoms. The Balaban J connectivity index is 2.19. The summed E-state index contributed by atoms with van der Waals surface area (Å²) in [6.07, 6.45) is 0.747. The molecule has 1 aromatic heterocycles. The Morgan fingerprint density at radius 3 is 2.95 bits per heavy atom. The first-order chi connectivity index (χ1) is 9.00. The molecule has 0 aliphatic carbocycles. The van der Waals surface area contributed by atoms with E-state index in [4.69, 9.17) is 4.52 Å². The molecular formula is C13H19N3O3. The average Bonchev–Trinajstić information content (AvgIpc) is 2.80. The van der Waals surface area contributed by atoms with Gasteiger partial charge in [0, 0.05) is 25.1 Å². The van der Waals surface area contributed by atoms with E-state index in [1.807, 2.05) is 13.8 Å². The first kappa shape index (κ1) is 13.6. The lowest BCUT2D eigenvalue weighted by atomic mass is 10.1. The van der Waals surface area contributed by atoms with Crippen LogP contribution < -0.4 is 5.32 Å². The standard InChI is InChI=1S/C13H19N3O3/c1-8(2)11-7-10(15-19-11)13(18)16-6-4-5-14-12(17)9(16)3/h7-9H,4-6H2,1-3H3,(H,14,17)/t9-/m1/s1. The first-order valence-corrected chi connectivity index (χ1v) is 6.56. The maximum atomic E-state index is 12.4. The van der Waals surface area contributed by atoms with Gasteiger partial charge in [-0.25, -0.2) is 0 Å². The van der Waals surface area contributed by atoms with Crippen molar-refractivity contribution in [2.75, 3.05) is 13.1 Å². The summed E-state index contributed by atoms with van der Waals surface area (Å²) in [4.78, 5) is 25.6.